The van der Waals surface area contributed by atoms with E-state index in [4.69, 9.17) is 0 Å². The summed E-state index contributed by atoms with van der Waals surface area (Å²) in [4.78, 5) is 21.9. The van der Waals surface area contributed by atoms with Gasteiger partial charge >= 0.3 is 12.1 Å². The number of nitrogens with zero attached hydrogens (tertiary/aromatic N) is 1. The second-order valence-corrected chi connectivity index (χ2v) is 5.37. The number of benzene rings is 2. The third kappa shape index (κ3) is 4.56. The number of rotatable bonds is 5. The van der Waals surface area contributed by atoms with Crippen LogP contribution in [-0.4, -0.2) is 23.2 Å². The lowest BCUT2D eigenvalue weighted by Crippen LogP contribution is -2.38. The van der Waals surface area contributed by atoms with E-state index in [1.165, 1.54) is 19.1 Å². The highest BCUT2D eigenvalue weighted by molar-refractivity contribution is 5.89. The number of nitro groups is 1. The highest BCUT2D eigenvalue weighted by atomic mass is 19.4. The molecule has 0 heterocycles. The summed E-state index contributed by atoms with van der Waals surface area (Å²) in [6.07, 6.45) is -7.09. The molecule has 0 bridgehead atoms. The van der Waals surface area contributed by atoms with Crippen LogP contribution in [0.1, 0.15) is 28.8 Å². The molecule has 0 aromatic heterocycles. The molecule has 0 aliphatic carbocycles. The van der Waals surface area contributed by atoms with Crippen molar-refractivity contribution in [3.63, 3.8) is 0 Å². The van der Waals surface area contributed by atoms with Crippen LogP contribution in [-0.2, 0) is 4.74 Å². The quantitative estimate of drug-likeness (QED) is 0.451. The number of alkyl halides is 3. The second kappa shape index (κ2) is 7.33. The molecule has 0 aliphatic heterocycles. The maximum Gasteiger partial charge on any atom is 0.426 e. The predicted octanol–water partition coefficient (Wildman–Crippen LogP) is 4.49. The Labute approximate surface area is 141 Å². The van der Waals surface area contributed by atoms with Gasteiger partial charge in [0, 0.05) is 18.1 Å². The average Bonchev–Trinajstić information content (AvgIpc) is 2.58. The first-order chi connectivity index (χ1) is 11.7. The van der Waals surface area contributed by atoms with Crippen molar-refractivity contribution in [2.45, 2.75) is 25.1 Å². The fourth-order valence-electron chi connectivity index (χ4n) is 2.29. The normalized spacial score (nSPS) is 13.8. The van der Waals surface area contributed by atoms with Crippen molar-refractivity contribution in [3.05, 3.63) is 75.8 Å². The van der Waals surface area contributed by atoms with Crippen molar-refractivity contribution in [2.24, 2.45) is 0 Å². The number of non-ortho nitro benzene ring substituents is 1. The van der Waals surface area contributed by atoms with Gasteiger partial charge in [0.05, 0.1) is 10.5 Å². The van der Waals surface area contributed by atoms with Crippen LogP contribution >= 0.6 is 0 Å². The smallest absolute Gasteiger partial charge is 0.426 e. The van der Waals surface area contributed by atoms with Gasteiger partial charge in [-0.05, 0) is 17.7 Å². The molecule has 2 atom stereocenters. The lowest BCUT2D eigenvalue weighted by molar-refractivity contribution is -0.384. The number of nitro benzene ring substituents is 1. The van der Waals surface area contributed by atoms with Gasteiger partial charge in [0.25, 0.3) is 5.69 Å². The van der Waals surface area contributed by atoms with Gasteiger partial charge in [0.2, 0.25) is 6.10 Å². The van der Waals surface area contributed by atoms with Crippen LogP contribution < -0.4 is 0 Å². The molecule has 132 valence electrons. The molecule has 0 spiro atoms. The first-order valence-electron chi connectivity index (χ1n) is 7.27. The maximum atomic E-state index is 13.3. The van der Waals surface area contributed by atoms with Crippen LogP contribution in [0.3, 0.4) is 0 Å². The van der Waals surface area contributed by atoms with Crippen LogP contribution in [0.2, 0.25) is 0 Å². The van der Waals surface area contributed by atoms with E-state index in [-0.39, 0.29) is 11.3 Å². The van der Waals surface area contributed by atoms with E-state index in [1.807, 2.05) is 0 Å². The number of esters is 1. The number of hydrogen-bond acceptors (Lipinski definition) is 4. The molecule has 2 aromatic carbocycles. The Morgan fingerprint density at radius 1 is 1.08 bits per heavy atom. The molecule has 25 heavy (non-hydrogen) atoms. The molecule has 5 nitrogen and oxygen atoms in total. The third-order valence-corrected chi connectivity index (χ3v) is 3.65. The zero-order valence-electron chi connectivity index (χ0n) is 13.1. The fourth-order valence-corrected chi connectivity index (χ4v) is 2.29. The predicted molar refractivity (Wildman–Crippen MR) is 83.2 cm³/mol. The standard InChI is InChI=1S/C17H14F3NO4/c1-11(12-5-3-2-4-6-12)15(17(18,19)20)25-16(22)13-7-9-14(10-8-13)21(23)24/h2-11,15H,1H3/t11-,15-/m0/s1. The summed E-state index contributed by atoms with van der Waals surface area (Å²) in [5.41, 5.74) is -0.0944. The number of ether oxygens (including phenoxy) is 1. The summed E-state index contributed by atoms with van der Waals surface area (Å²) >= 11 is 0. The summed E-state index contributed by atoms with van der Waals surface area (Å²) in [7, 11) is 0. The van der Waals surface area contributed by atoms with Crippen molar-refractivity contribution >= 4 is 11.7 Å². The molecule has 0 amide bonds. The first kappa shape index (κ1) is 18.4. The Balaban J connectivity index is 2.22. The van der Waals surface area contributed by atoms with Gasteiger partial charge in [-0.25, -0.2) is 4.79 Å². The van der Waals surface area contributed by atoms with Crippen molar-refractivity contribution in [1.82, 2.24) is 0 Å². The van der Waals surface area contributed by atoms with Gasteiger partial charge in [-0.2, -0.15) is 13.2 Å². The number of carbonyl (C=O) groups is 1. The molecule has 0 saturated heterocycles. The van der Waals surface area contributed by atoms with Crippen LogP contribution in [0.25, 0.3) is 0 Å². The molecule has 0 unspecified atom stereocenters. The molecule has 2 rings (SSSR count). The highest BCUT2D eigenvalue weighted by Crippen LogP contribution is 2.34. The van der Waals surface area contributed by atoms with E-state index in [1.54, 1.807) is 18.2 Å². The molecule has 2 aromatic rings. The van der Waals surface area contributed by atoms with E-state index < -0.39 is 29.1 Å². The summed E-state index contributed by atoms with van der Waals surface area (Å²) in [6, 6.07) is 12.1. The largest absolute Gasteiger partial charge is 0.448 e. The summed E-state index contributed by atoms with van der Waals surface area (Å²) in [6.45, 7) is 1.32. The molecule has 0 radical (unpaired) electrons. The Morgan fingerprint density at radius 2 is 1.64 bits per heavy atom. The van der Waals surface area contributed by atoms with E-state index >= 15 is 0 Å². The Morgan fingerprint density at radius 3 is 2.12 bits per heavy atom. The van der Waals surface area contributed by atoms with Crippen LogP contribution in [0, 0.1) is 10.1 Å². The van der Waals surface area contributed by atoms with Crippen molar-refractivity contribution in [3.8, 4) is 0 Å². The van der Waals surface area contributed by atoms with Gasteiger partial charge in [-0.15, -0.1) is 0 Å². The number of hydrogen-bond donors (Lipinski definition) is 0. The van der Waals surface area contributed by atoms with Gasteiger partial charge < -0.3 is 4.74 Å². The number of halogens is 3. The fraction of sp³-hybridized carbons (Fsp3) is 0.235. The first-order valence-corrected chi connectivity index (χ1v) is 7.27. The molecule has 0 aliphatic rings. The highest BCUT2D eigenvalue weighted by Gasteiger charge is 2.46. The third-order valence-electron chi connectivity index (χ3n) is 3.65. The molecule has 8 heteroatoms. The van der Waals surface area contributed by atoms with Gasteiger partial charge in [-0.1, -0.05) is 37.3 Å². The second-order valence-electron chi connectivity index (χ2n) is 5.37. The Hall–Kier alpha value is -2.90. The number of carbonyl (C=O) groups excluding carboxylic acids is 1. The topological polar surface area (TPSA) is 69.4 Å². The summed E-state index contributed by atoms with van der Waals surface area (Å²) < 4.78 is 44.7. The zero-order valence-corrected chi connectivity index (χ0v) is 13.1. The molecular formula is C17H14F3NO4. The monoisotopic (exact) mass is 353 g/mol. The Bertz CT molecular complexity index is 745. The molecule has 0 saturated carbocycles. The van der Waals surface area contributed by atoms with Crippen LogP contribution in [0.4, 0.5) is 18.9 Å². The molecule has 0 fully saturated rings. The van der Waals surface area contributed by atoms with Gasteiger partial charge in [0.15, 0.2) is 0 Å². The van der Waals surface area contributed by atoms with Crippen molar-refractivity contribution in [1.29, 1.82) is 0 Å². The molecular weight excluding hydrogens is 339 g/mol. The summed E-state index contributed by atoms with van der Waals surface area (Å²) in [5, 5.41) is 10.6. The summed E-state index contributed by atoms with van der Waals surface area (Å²) in [5.74, 6) is -2.30. The maximum absolute atomic E-state index is 13.3. The minimum Gasteiger partial charge on any atom is -0.448 e. The minimum absolute atomic E-state index is 0.194. The van der Waals surface area contributed by atoms with Gasteiger partial charge in [0.1, 0.15) is 0 Å². The van der Waals surface area contributed by atoms with Crippen molar-refractivity contribution in [2.75, 3.05) is 0 Å². The van der Waals surface area contributed by atoms with E-state index in [2.05, 4.69) is 4.74 Å². The molecule has 0 N–H and O–H groups in total. The lowest BCUT2D eigenvalue weighted by atomic mass is 9.95. The van der Waals surface area contributed by atoms with E-state index in [0.717, 1.165) is 24.3 Å². The van der Waals surface area contributed by atoms with E-state index in [0.29, 0.717) is 5.56 Å². The lowest BCUT2D eigenvalue weighted by Gasteiger charge is -2.26. The zero-order chi connectivity index (χ0) is 18.6. The SMILES string of the molecule is C[C@@H](c1ccccc1)[C@H](OC(=O)c1ccc([N+](=O)[O-])cc1)C(F)(F)F. The van der Waals surface area contributed by atoms with Crippen molar-refractivity contribution < 1.29 is 27.6 Å². The average molecular weight is 353 g/mol. The minimum atomic E-state index is -4.76. The van der Waals surface area contributed by atoms with Crippen LogP contribution in [0.15, 0.2) is 54.6 Å². The Kier molecular flexibility index (Phi) is 5.41. The van der Waals surface area contributed by atoms with Crippen LogP contribution in [0.5, 0.6) is 0 Å². The van der Waals surface area contributed by atoms with E-state index in [9.17, 15) is 28.1 Å². The van der Waals surface area contributed by atoms with Gasteiger partial charge in [-0.3, -0.25) is 10.1 Å².